The topological polar surface area (TPSA) is 45.3 Å². The van der Waals surface area contributed by atoms with Crippen molar-refractivity contribution in [2.75, 3.05) is 19.7 Å². The normalized spacial score (nSPS) is 16.2. The first-order chi connectivity index (χ1) is 11.6. The molecule has 2 aromatic rings. The molecule has 0 atom stereocenters. The van der Waals surface area contributed by atoms with E-state index in [9.17, 15) is 9.18 Å². The van der Waals surface area contributed by atoms with Crippen molar-refractivity contribution in [3.05, 3.63) is 63.3 Å². The maximum atomic E-state index is 13.5. The molecule has 6 heteroatoms. The summed E-state index contributed by atoms with van der Waals surface area (Å²) in [5.41, 5.74) is 0.591. The minimum absolute atomic E-state index is 0.0931. The Bertz CT molecular complexity index is 742. The first-order valence-corrected chi connectivity index (χ1v) is 8.46. The van der Waals surface area contributed by atoms with Crippen molar-refractivity contribution in [2.24, 2.45) is 5.92 Å². The van der Waals surface area contributed by atoms with E-state index in [0.717, 1.165) is 25.9 Å². The Hall–Kier alpha value is -1.85. The van der Waals surface area contributed by atoms with Crippen LogP contribution in [0.15, 0.2) is 41.3 Å². The van der Waals surface area contributed by atoms with Gasteiger partial charge in [-0.3, -0.25) is 9.69 Å². The predicted octanol–water partition coefficient (Wildman–Crippen LogP) is 3.46. The number of nitrogens with one attached hydrogen (secondary N) is 1. The first kappa shape index (κ1) is 17.0. The van der Waals surface area contributed by atoms with Crippen LogP contribution in [0.2, 0.25) is 5.02 Å². The average molecular weight is 351 g/mol. The Balaban J connectivity index is 1.48. The molecule has 0 unspecified atom stereocenters. The number of rotatable bonds is 5. The standard InChI is InChI=1S/C18H20ClFN2O2/c19-15-9-14(18(23)21-10-15)11-22-7-5-13(6-8-22)12-24-17-4-2-1-3-16(17)20/h1-4,9-10,13H,5-8,11-12H2,(H,21,23). The molecule has 0 aliphatic carbocycles. The van der Waals surface area contributed by atoms with E-state index in [4.69, 9.17) is 16.3 Å². The molecule has 0 saturated carbocycles. The monoisotopic (exact) mass is 350 g/mol. The molecule has 1 N–H and O–H groups in total. The highest BCUT2D eigenvalue weighted by Crippen LogP contribution is 2.22. The molecule has 0 spiro atoms. The molecule has 1 aliphatic rings. The summed E-state index contributed by atoms with van der Waals surface area (Å²) >= 11 is 5.93. The van der Waals surface area contributed by atoms with Gasteiger partial charge in [0.2, 0.25) is 0 Å². The van der Waals surface area contributed by atoms with Crippen LogP contribution in [0, 0.1) is 11.7 Å². The van der Waals surface area contributed by atoms with Crippen molar-refractivity contribution in [3.8, 4) is 5.75 Å². The summed E-state index contributed by atoms with van der Waals surface area (Å²) < 4.78 is 19.1. The lowest BCUT2D eigenvalue weighted by molar-refractivity contribution is 0.134. The van der Waals surface area contributed by atoms with Gasteiger partial charge in [0.15, 0.2) is 11.6 Å². The summed E-state index contributed by atoms with van der Waals surface area (Å²) in [6.45, 7) is 2.89. The Labute approximate surface area is 145 Å². The quantitative estimate of drug-likeness (QED) is 0.898. The lowest BCUT2D eigenvalue weighted by atomic mass is 9.97. The van der Waals surface area contributed by atoms with E-state index in [1.807, 2.05) is 0 Å². The van der Waals surface area contributed by atoms with Crippen molar-refractivity contribution in [1.82, 2.24) is 9.88 Å². The lowest BCUT2D eigenvalue weighted by Crippen LogP contribution is -2.36. The summed E-state index contributed by atoms with van der Waals surface area (Å²) in [5.74, 6) is 0.388. The van der Waals surface area contributed by atoms with Crippen LogP contribution in [0.3, 0.4) is 0 Å². The first-order valence-electron chi connectivity index (χ1n) is 8.08. The summed E-state index contributed by atoms with van der Waals surface area (Å²) in [6.07, 6.45) is 3.43. The number of aromatic amines is 1. The molecule has 3 rings (SSSR count). The molecule has 1 aromatic carbocycles. The number of halogens is 2. The zero-order valence-electron chi connectivity index (χ0n) is 13.3. The van der Waals surface area contributed by atoms with Gasteiger partial charge in [0.05, 0.1) is 11.6 Å². The van der Waals surface area contributed by atoms with Crippen LogP contribution in [0.4, 0.5) is 4.39 Å². The Morgan fingerprint density at radius 2 is 2.04 bits per heavy atom. The number of aromatic nitrogens is 1. The number of likely N-dealkylation sites (tertiary alicyclic amines) is 1. The number of para-hydroxylation sites is 1. The highest BCUT2D eigenvalue weighted by Gasteiger charge is 2.21. The number of ether oxygens (including phenoxy) is 1. The number of H-pyrrole nitrogens is 1. The average Bonchev–Trinajstić information content (AvgIpc) is 2.59. The molecule has 0 bridgehead atoms. The fourth-order valence-electron chi connectivity index (χ4n) is 2.94. The second kappa shape index (κ2) is 7.81. The van der Waals surface area contributed by atoms with Crippen molar-refractivity contribution in [3.63, 3.8) is 0 Å². The van der Waals surface area contributed by atoms with Gasteiger partial charge in [-0.15, -0.1) is 0 Å². The Morgan fingerprint density at radius 1 is 1.29 bits per heavy atom. The van der Waals surface area contributed by atoms with Gasteiger partial charge in [0, 0.05) is 18.3 Å². The number of pyridine rings is 1. The zero-order valence-corrected chi connectivity index (χ0v) is 14.1. The summed E-state index contributed by atoms with van der Waals surface area (Å²) in [5, 5.41) is 0.540. The van der Waals surface area contributed by atoms with Gasteiger partial charge in [-0.05, 0) is 50.0 Å². The number of hydrogen-bond donors (Lipinski definition) is 1. The van der Waals surface area contributed by atoms with Gasteiger partial charge in [-0.25, -0.2) is 4.39 Å². The molecule has 1 saturated heterocycles. The number of benzene rings is 1. The van der Waals surface area contributed by atoms with E-state index in [-0.39, 0.29) is 11.4 Å². The van der Waals surface area contributed by atoms with E-state index in [0.29, 0.717) is 35.4 Å². The molecule has 0 radical (unpaired) electrons. The molecule has 0 amide bonds. The van der Waals surface area contributed by atoms with Crippen LogP contribution >= 0.6 is 11.6 Å². The lowest BCUT2D eigenvalue weighted by Gasteiger charge is -2.31. The summed E-state index contributed by atoms with van der Waals surface area (Å²) in [7, 11) is 0. The molecule has 2 heterocycles. The number of hydrogen-bond acceptors (Lipinski definition) is 3. The van der Waals surface area contributed by atoms with E-state index < -0.39 is 0 Å². The molecular formula is C18H20ClFN2O2. The zero-order chi connectivity index (χ0) is 16.9. The maximum Gasteiger partial charge on any atom is 0.252 e. The number of nitrogens with zero attached hydrogens (tertiary/aromatic N) is 1. The maximum absolute atomic E-state index is 13.5. The molecule has 1 aliphatic heterocycles. The van der Waals surface area contributed by atoms with Gasteiger partial charge in [-0.1, -0.05) is 23.7 Å². The second-order valence-electron chi connectivity index (χ2n) is 6.13. The third-order valence-electron chi connectivity index (χ3n) is 4.36. The van der Waals surface area contributed by atoms with Gasteiger partial charge in [0.25, 0.3) is 5.56 Å². The fraction of sp³-hybridized carbons (Fsp3) is 0.389. The van der Waals surface area contributed by atoms with Crippen LogP contribution in [-0.2, 0) is 6.54 Å². The van der Waals surface area contributed by atoms with Crippen LogP contribution in [0.1, 0.15) is 18.4 Å². The second-order valence-corrected chi connectivity index (χ2v) is 6.57. The van der Waals surface area contributed by atoms with E-state index in [1.165, 1.54) is 12.3 Å². The molecule has 1 fully saturated rings. The van der Waals surface area contributed by atoms with Crippen molar-refractivity contribution in [1.29, 1.82) is 0 Å². The third kappa shape index (κ3) is 4.36. The van der Waals surface area contributed by atoms with E-state index >= 15 is 0 Å². The molecule has 1 aromatic heterocycles. The molecule has 24 heavy (non-hydrogen) atoms. The summed E-state index contributed by atoms with van der Waals surface area (Å²) in [6, 6.07) is 8.19. The van der Waals surface area contributed by atoms with Crippen molar-refractivity contribution in [2.45, 2.75) is 19.4 Å². The number of piperidine rings is 1. The van der Waals surface area contributed by atoms with E-state index in [2.05, 4.69) is 9.88 Å². The predicted molar refractivity (Wildman–Crippen MR) is 92.0 cm³/mol. The van der Waals surface area contributed by atoms with Crippen LogP contribution in [-0.4, -0.2) is 29.6 Å². The molecular weight excluding hydrogens is 331 g/mol. The Kier molecular flexibility index (Phi) is 5.53. The highest BCUT2D eigenvalue weighted by molar-refractivity contribution is 6.30. The third-order valence-corrected chi connectivity index (χ3v) is 4.58. The van der Waals surface area contributed by atoms with Crippen LogP contribution in [0.25, 0.3) is 0 Å². The minimum Gasteiger partial charge on any atom is -0.490 e. The van der Waals surface area contributed by atoms with Gasteiger partial charge >= 0.3 is 0 Å². The molecule has 4 nitrogen and oxygen atoms in total. The van der Waals surface area contributed by atoms with Crippen molar-refractivity contribution < 1.29 is 9.13 Å². The fourth-order valence-corrected chi connectivity index (χ4v) is 3.13. The highest BCUT2D eigenvalue weighted by atomic mass is 35.5. The largest absolute Gasteiger partial charge is 0.490 e. The molecule has 128 valence electrons. The van der Waals surface area contributed by atoms with Crippen molar-refractivity contribution >= 4 is 11.6 Å². The Morgan fingerprint density at radius 3 is 2.79 bits per heavy atom. The van der Waals surface area contributed by atoms with E-state index in [1.54, 1.807) is 24.3 Å². The van der Waals surface area contributed by atoms with Crippen LogP contribution < -0.4 is 10.3 Å². The van der Waals surface area contributed by atoms with Gasteiger partial charge in [-0.2, -0.15) is 0 Å². The van der Waals surface area contributed by atoms with Gasteiger partial charge < -0.3 is 9.72 Å². The minimum atomic E-state index is -0.324. The summed E-state index contributed by atoms with van der Waals surface area (Å²) in [4.78, 5) is 16.7. The SMILES string of the molecule is O=c1[nH]cc(Cl)cc1CN1CCC(COc2ccccc2F)CC1. The van der Waals surface area contributed by atoms with Gasteiger partial charge in [0.1, 0.15) is 0 Å². The smallest absolute Gasteiger partial charge is 0.252 e. The van der Waals surface area contributed by atoms with Crippen LogP contribution in [0.5, 0.6) is 5.75 Å².